The topological polar surface area (TPSA) is 153 Å². The normalized spacial score (nSPS) is 13.7. The monoisotopic (exact) mass is 553 g/mol. The van der Waals surface area contributed by atoms with Crippen LogP contribution >= 0.6 is 0 Å². The second kappa shape index (κ2) is 12.2. The van der Waals surface area contributed by atoms with Crippen molar-refractivity contribution in [1.29, 1.82) is 0 Å². The number of nitrogens with zero attached hydrogens (tertiary/aromatic N) is 1. The van der Waals surface area contributed by atoms with Gasteiger partial charge in [0, 0.05) is 5.69 Å². The van der Waals surface area contributed by atoms with Crippen molar-refractivity contribution in [1.82, 2.24) is 5.32 Å². The zero-order valence-corrected chi connectivity index (χ0v) is 23.5. The van der Waals surface area contributed by atoms with Crippen molar-refractivity contribution in [2.75, 3.05) is 5.32 Å². The predicted octanol–water partition coefficient (Wildman–Crippen LogP) is 5.64. The summed E-state index contributed by atoms with van der Waals surface area (Å²) in [5.41, 5.74) is 0.688. The lowest BCUT2D eigenvalue weighted by Gasteiger charge is -2.21. The van der Waals surface area contributed by atoms with Crippen LogP contribution in [0.2, 0.25) is 0 Å². The van der Waals surface area contributed by atoms with Gasteiger partial charge in [0.25, 0.3) is 0 Å². The summed E-state index contributed by atoms with van der Waals surface area (Å²) in [5.74, 6) is -1.14. The molecule has 0 saturated heterocycles. The Balaban J connectivity index is 1.72. The molecule has 0 heterocycles. The van der Waals surface area contributed by atoms with Crippen molar-refractivity contribution in [3.05, 3.63) is 59.2 Å². The summed E-state index contributed by atoms with van der Waals surface area (Å²) in [6.45, 7) is 10.1. The molecule has 0 aromatic heterocycles. The van der Waals surface area contributed by atoms with E-state index in [4.69, 9.17) is 19.3 Å². The number of ether oxygens (including phenoxy) is 3. The van der Waals surface area contributed by atoms with E-state index in [1.807, 2.05) is 0 Å². The highest BCUT2D eigenvalue weighted by atomic mass is 16.6. The molecule has 2 amide bonds. The Morgan fingerprint density at radius 3 is 2.10 bits per heavy atom. The molecule has 11 heteroatoms. The van der Waals surface area contributed by atoms with Crippen LogP contribution in [0.4, 0.5) is 15.3 Å². The van der Waals surface area contributed by atoms with Gasteiger partial charge in [-0.1, -0.05) is 6.07 Å². The maximum atomic E-state index is 12.8. The first-order chi connectivity index (χ1) is 18.6. The van der Waals surface area contributed by atoms with Gasteiger partial charge in [-0.2, -0.15) is 0 Å². The number of carbonyl (C=O) groups excluding carboxylic acids is 3. The highest BCUT2D eigenvalue weighted by molar-refractivity contribution is 6.06. The fraction of sp³-hybridized carbons (Fsp3) is 0.414. The second-order valence-corrected chi connectivity index (χ2v) is 11.4. The van der Waals surface area contributed by atoms with Gasteiger partial charge in [-0.05, 0) is 108 Å². The molecule has 1 fully saturated rings. The second-order valence-electron chi connectivity index (χ2n) is 11.4. The lowest BCUT2D eigenvalue weighted by atomic mass is 10.0. The van der Waals surface area contributed by atoms with E-state index in [1.54, 1.807) is 71.9 Å². The molecule has 2 aromatic carbocycles. The summed E-state index contributed by atoms with van der Waals surface area (Å²) < 4.78 is 16.0. The van der Waals surface area contributed by atoms with Gasteiger partial charge in [-0.15, -0.1) is 4.99 Å². The Labute approximate surface area is 232 Å². The average Bonchev–Trinajstić information content (AvgIpc) is 3.63. The number of carboxylic acid groups (broad SMARTS) is 1. The first kappa shape index (κ1) is 30.1. The predicted molar refractivity (Wildman–Crippen MR) is 148 cm³/mol. The Hall–Kier alpha value is -4.41. The average molecular weight is 554 g/mol. The number of esters is 1. The van der Waals surface area contributed by atoms with Gasteiger partial charge >= 0.3 is 24.1 Å². The Morgan fingerprint density at radius 1 is 0.925 bits per heavy atom. The van der Waals surface area contributed by atoms with Crippen LogP contribution in [0.5, 0.6) is 5.75 Å². The van der Waals surface area contributed by atoms with Crippen LogP contribution in [0.1, 0.15) is 81.8 Å². The zero-order chi connectivity index (χ0) is 29.7. The molecule has 0 atom stereocenters. The molecule has 2 aromatic rings. The van der Waals surface area contributed by atoms with Crippen molar-refractivity contribution in [2.45, 2.75) is 77.9 Å². The van der Waals surface area contributed by atoms with E-state index in [9.17, 15) is 19.2 Å². The fourth-order valence-electron chi connectivity index (χ4n) is 3.59. The third-order valence-corrected chi connectivity index (χ3v) is 5.29. The standard InChI is InChI=1S/C29H35N3O8/c1-28(2,3)39-26(36)31-25(32-27(37)40-29(4,5)6)30-20-12-9-18(10-13-20)24(35)38-21-14-11-19(15-23(33)34)22(16-21)17-7-8-17/h9-14,16-17H,7-8,15H2,1-6H3,(H,33,34)(H2,30,31,32,36,37). The third-order valence-electron chi connectivity index (χ3n) is 5.29. The van der Waals surface area contributed by atoms with E-state index >= 15 is 0 Å². The van der Waals surface area contributed by atoms with Crippen molar-refractivity contribution < 1.29 is 38.5 Å². The van der Waals surface area contributed by atoms with Crippen LogP contribution < -0.4 is 15.4 Å². The molecule has 1 saturated carbocycles. The van der Waals surface area contributed by atoms with Crippen LogP contribution in [-0.4, -0.2) is 46.4 Å². The summed E-state index contributed by atoms with van der Waals surface area (Å²) in [6, 6.07) is 11.1. The first-order valence-corrected chi connectivity index (χ1v) is 12.8. The quantitative estimate of drug-likeness (QED) is 0.179. The lowest BCUT2D eigenvalue weighted by molar-refractivity contribution is -0.136. The van der Waals surface area contributed by atoms with Crippen LogP contribution in [0.3, 0.4) is 0 Å². The van der Waals surface area contributed by atoms with Gasteiger partial charge in [-0.3, -0.25) is 10.1 Å². The van der Waals surface area contributed by atoms with Crippen LogP contribution in [0, 0.1) is 0 Å². The number of carboxylic acids is 1. The number of amides is 2. The van der Waals surface area contributed by atoms with E-state index < -0.39 is 35.3 Å². The van der Waals surface area contributed by atoms with Crippen LogP contribution in [0.25, 0.3) is 0 Å². The zero-order valence-electron chi connectivity index (χ0n) is 23.5. The summed E-state index contributed by atoms with van der Waals surface area (Å²) in [7, 11) is 0. The number of carbonyl (C=O) groups is 4. The minimum atomic E-state index is -0.925. The van der Waals surface area contributed by atoms with Gasteiger partial charge in [0.2, 0.25) is 5.96 Å². The summed E-state index contributed by atoms with van der Waals surface area (Å²) in [6.07, 6.45) is 0.103. The highest BCUT2D eigenvalue weighted by Crippen LogP contribution is 2.43. The minimum absolute atomic E-state index is 0.0868. The summed E-state index contributed by atoms with van der Waals surface area (Å²) >= 11 is 0. The number of anilines is 1. The number of alkyl carbamates (subject to hydrolysis) is 1. The first-order valence-electron chi connectivity index (χ1n) is 12.8. The van der Waals surface area contributed by atoms with Crippen molar-refractivity contribution in [3.63, 3.8) is 0 Å². The lowest BCUT2D eigenvalue weighted by Crippen LogP contribution is -2.40. The van der Waals surface area contributed by atoms with Crippen LogP contribution in [-0.2, 0) is 20.7 Å². The molecule has 3 rings (SSSR count). The van der Waals surface area contributed by atoms with E-state index in [2.05, 4.69) is 15.6 Å². The molecule has 0 bridgehead atoms. The fourth-order valence-corrected chi connectivity index (χ4v) is 3.59. The van der Waals surface area contributed by atoms with Gasteiger partial charge in [0.05, 0.1) is 12.0 Å². The number of aliphatic imine (C=N–C) groups is 1. The van der Waals surface area contributed by atoms with Crippen molar-refractivity contribution >= 4 is 35.8 Å². The molecule has 1 aliphatic rings. The molecular weight excluding hydrogens is 518 g/mol. The van der Waals surface area contributed by atoms with E-state index in [0.29, 0.717) is 17.0 Å². The maximum Gasteiger partial charge on any atom is 0.437 e. The van der Waals surface area contributed by atoms with Gasteiger partial charge in [0.1, 0.15) is 17.0 Å². The SMILES string of the molecule is CC(C)(C)OC(=O)/N=C(\NC(=O)OC(C)(C)C)Nc1ccc(C(=O)Oc2ccc(CC(=O)O)c(C3CC3)c2)cc1. The van der Waals surface area contributed by atoms with Gasteiger partial charge < -0.3 is 24.6 Å². The molecule has 0 unspecified atom stereocenters. The van der Waals surface area contributed by atoms with E-state index in [-0.39, 0.29) is 23.9 Å². The third kappa shape index (κ3) is 10.0. The van der Waals surface area contributed by atoms with Crippen molar-refractivity contribution in [3.8, 4) is 5.75 Å². The molecule has 0 aliphatic heterocycles. The number of aliphatic carboxylic acids is 1. The number of hydrogen-bond donors (Lipinski definition) is 3. The van der Waals surface area contributed by atoms with E-state index in [0.717, 1.165) is 18.4 Å². The Morgan fingerprint density at radius 2 is 1.55 bits per heavy atom. The largest absolute Gasteiger partial charge is 0.481 e. The molecule has 40 heavy (non-hydrogen) atoms. The number of hydrogen-bond acceptors (Lipinski definition) is 7. The van der Waals surface area contributed by atoms with Gasteiger partial charge in [-0.25, -0.2) is 14.4 Å². The minimum Gasteiger partial charge on any atom is -0.481 e. The summed E-state index contributed by atoms with van der Waals surface area (Å²) in [5, 5.41) is 14.4. The van der Waals surface area contributed by atoms with Gasteiger partial charge in [0.15, 0.2) is 0 Å². The molecule has 0 spiro atoms. The number of benzene rings is 2. The molecule has 1 aliphatic carbocycles. The smallest absolute Gasteiger partial charge is 0.437 e. The molecule has 214 valence electrons. The van der Waals surface area contributed by atoms with Crippen LogP contribution in [0.15, 0.2) is 47.5 Å². The highest BCUT2D eigenvalue weighted by Gasteiger charge is 2.27. The molecule has 3 N–H and O–H groups in total. The molecule has 0 radical (unpaired) electrons. The number of rotatable bonds is 6. The Bertz CT molecular complexity index is 1300. The van der Waals surface area contributed by atoms with E-state index in [1.165, 1.54) is 12.1 Å². The molecule has 11 nitrogen and oxygen atoms in total. The maximum absolute atomic E-state index is 12.8. The summed E-state index contributed by atoms with van der Waals surface area (Å²) in [4.78, 5) is 52.3. The Kier molecular flexibility index (Phi) is 9.18. The van der Waals surface area contributed by atoms with Crippen molar-refractivity contribution in [2.24, 2.45) is 4.99 Å². The number of nitrogens with one attached hydrogen (secondary N) is 2. The molecular formula is C29H35N3O8. The number of guanidine groups is 1.